The van der Waals surface area contributed by atoms with Gasteiger partial charge in [0.1, 0.15) is 0 Å². The van der Waals surface area contributed by atoms with Crippen molar-refractivity contribution in [1.82, 2.24) is 0 Å². The third-order valence-electron chi connectivity index (χ3n) is 15.1. The van der Waals surface area contributed by atoms with Gasteiger partial charge in [-0.25, -0.2) is 0 Å². The van der Waals surface area contributed by atoms with E-state index in [2.05, 4.69) is 183 Å². The van der Waals surface area contributed by atoms with Gasteiger partial charge >= 0.3 is 0 Å². The molecule has 7 aromatic carbocycles. The van der Waals surface area contributed by atoms with E-state index >= 15 is 0 Å². The SMILES string of the molecule is CC1(C)c2ccccc2-c2c(N(c3ccc(-c4ccccc4)cc3)c3cccc(-c4ccc5c(c4)-c4ccccc4C54C5CC6CC(C5)CC4C6)c3)cccc21. The summed E-state index contributed by atoms with van der Waals surface area (Å²) in [5, 5.41) is 0. The highest BCUT2D eigenvalue weighted by atomic mass is 15.1. The molecule has 4 bridgehead atoms. The van der Waals surface area contributed by atoms with Gasteiger partial charge in [0.25, 0.3) is 0 Å². The average molecular weight is 722 g/mol. The van der Waals surface area contributed by atoms with Gasteiger partial charge in [-0.15, -0.1) is 0 Å². The number of hydrogen-bond donors (Lipinski definition) is 0. The predicted octanol–water partition coefficient (Wildman–Crippen LogP) is 14.5. The molecule has 0 saturated heterocycles. The molecule has 0 heterocycles. The Morgan fingerprint density at radius 2 is 0.982 bits per heavy atom. The quantitative estimate of drug-likeness (QED) is 0.171. The van der Waals surface area contributed by atoms with Crippen LogP contribution in [0.5, 0.6) is 0 Å². The fraction of sp³-hybridized carbons (Fsp3) is 0.236. The average Bonchev–Trinajstić information content (AvgIpc) is 3.66. The first kappa shape index (κ1) is 32.6. The van der Waals surface area contributed by atoms with Crippen LogP contribution < -0.4 is 4.90 Å². The maximum atomic E-state index is 2.56. The smallest absolute Gasteiger partial charge is 0.0543 e. The van der Waals surface area contributed by atoms with Gasteiger partial charge in [0.05, 0.1) is 5.69 Å². The molecular formula is C55H47N. The van der Waals surface area contributed by atoms with Crippen molar-refractivity contribution in [3.05, 3.63) is 186 Å². The van der Waals surface area contributed by atoms with E-state index in [0.29, 0.717) is 0 Å². The summed E-state index contributed by atoms with van der Waals surface area (Å²) < 4.78 is 0. The van der Waals surface area contributed by atoms with Crippen molar-refractivity contribution in [3.8, 4) is 44.5 Å². The Hall–Kier alpha value is -5.66. The van der Waals surface area contributed by atoms with E-state index in [1.807, 2.05) is 0 Å². The van der Waals surface area contributed by atoms with E-state index < -0.39 is 0 Å². The topological polar surface area (TPSA) is 3.24 Å². The molecule has 56 heavy (non-hydrogen) atoms. The summed E-state index contributed by atoms with van der Waals surface area (Å²) in [7, 11) is 0. The zero-order valence-electron chi connectivity index (χ0n) is 32.4. The lowest BCUT2D eigenvalue weighted by atomic mass is 9.43. The molecule has 272 valence electrons. The molecule has 4 fully saturated rings. The van der Waals surface area contributed by atoms with Crippen molar-refractivity contribution < 1.29 is 0 Å². The third-order valence-corrected chi connectivity index (χ3v) is 15.1. The molecule has 0 aromatic heterocycles. The largest absolute Gasteiger partial charge is 0.310 e. The van der Waals surface area contributed by atoms with Crippen molar-refractivity contribution in [2.45, 2.75) is 56.8 Å². The number of hydrogen-bond acceptors (Lipinski definition) is 1. The lowest BCUT2D eigenvalue weighted by Gasteiger charge is -2.61. The molecule has 13 rings (SSSR count). The lowest BCUT2D eigenvalue weighted by molar-refractivity contribution is -0.0399. The molecule has 1 spiro atoms. The van der Waals surface area contributed by atoms with Crippen LogP contribution in [0, 0.1) is 23.7 Å². The van der Waals surface area contributed by atoms with Gasteiger partial charge < -0.3 is 4.90 Å². The number of anilines is 3. The fourth-order valence-electron chi connectivity index (χ4n) is 12.9. The lowest BCUT2D eigenvalue weighted by Crippen LogP contribution is -2.55. The van der Waals surface area contributed by atoms with Crippen LogP contribution in [0.15, 0.2) is 164 Å². The Balaban J connectivity index is 1.01. The second-order valence-corrected chi connectivity index (χ2v) is 18.1. The van der Waals surface area contributed by atoms with Crippen molar-refractivity contribution in [2.75, 3.05) is 4.90 Å². The van der Waals surface area contributed by atoms with E-state index in [4.69, 9.17) is 0 Å². The summed E-state index contributed by atoms with van der Waals surface area (Å²) >= 11 is 0. The molecule has 0 amide bonds. The summed E-state index contributed by atoms with van der Waals surface area (Å²) in [5.41, 5.74) is 20.3. The number of fused-ring (bicyclic) bond motifs is 6. The van der Waals surface area contributed by atoms with Gasteiger partial charge in [0.15, 0.2) is 0 Å². The normalized spacial score (nSPS) is 24.1. The summed E-state index contributed by atoms with van der Waals surface area (Å²) in [6, 6.07) is 62.2. The van der Waals surface area contributed by atoms with Crippen molar-refractivity contribution in [3.63, 3.8) is 0 Å². The second-order valence-electron chi connectivity index (χ2n) is 18.1. The van der Waals surface area contributed by atoms with E-state index in [-0.39, 0.29) is 10.8 Å². The number of nitrogens with zero attached hydrogens (tertiary/aromatic N) is 1. The molecule has 6 aliphatic rings. The van der Waals surface area contributed by atoms with Gasteiger partial charge in [0.2, 0.25) is 0 Å². The highest BCUT2D eigenvalue weighted by Crippen LogP contribution is 2.69. The zero-order chi connectivity index (χ0) is 37.2. The Morgan fingerprint density at radius 1 is 0.411 bits per heavy atom. The molecular weight excluding hydrogens is 675 g/mol. The molecule has 6 aliphatic carbocycles. The van der Waals surface area contributed by atoms with Gasteiger partial charge in [-0.2, -0.15) is 0 Å². The van der Waals surface area contributed by atoms with Crippen LogP contribution in [0.2, 0.25) is 0 Å². The fourth-order valence-corrected chi connectivity index (χ4v) is 12.9. The minimum absolute atomic E-state index is 0.0814. The third kappa shape index (κ3) is 4.49. The molecule has 4 saturated carbocycles. The van der Waals surface area contributed by atoms with Crippen LogP contribution in [-0.2, 0) is 10.8 Å². The first-order chi connectivity index (χ1) is 27.5. The highest BCUT2D eigenvalue weighted by Gasteiger charge is 2.61. The van der Waals surface area contributed by atoms with Gasteiger partial charge in [-0.05, 0) is 153 Å². The van der Waals surface area contributed by atoms with Gasteiger partial charge in [-0.1, -0.05) is 141 Å². The number of rotatable bonds is 5. The predicted molar refractivity (Wildman–Crippen MR) is 233 cm³/mol. The van der Waals surface area contributed by atoms with Crippen LogP contribution in [0.4, 0.5) is 17.1 Å². The molecule has 0 N–H and O–H groups in total. The van der Waals surface area contributed by atoms with Crippen LogP contribution >= 0.6 is 0 Å². The Bertz CT molecular complexity index is 2650. The molecule has 0 unspecified atom stereocenters. The Morgan fingerprint density at radius 3 is 1.75 bits per heavy atom. The first-order valence-corrected chi connectivity index (χ1v) is 21.0. The van der Waals surface area contributed by atoms with Crippen LogP contribution in [-0.4, -0.2) is 0 Å². The van der Waals surface area contributed by atoms with Crippen LogP contribution in [0.25, 0.3) is 44.5 Å². The minimum Gasteiger partial charge on any atom is -0.310 e. The Kier molecular flexibility index (Phi) is 6.93. The van der Waals surface area contributed by atoms with Gasteiger partial charge in [0, 0.05) is 27.8 Å². The molecule has 7 aromatic rings. The maximum Gasteiger partial charge on any atom is 0.0543 e. The molecule has 0 aliphatic heterocycles. The summed E-state index contributed by atoms with van der Waals surface area (Å²) in [6.45, 7) is 4.75. The maximum absolute atomic E-state index is 2.56. The van der Waals surface area contributed by atoms with Crippen molar-refractivity contribution in [1.29, 1.82) is 0 Å². The first-order valence-electron chi connectivity index (χ1n) is 21.0. The Labute approximate surface area is 331 Å². The minimum atomic E-state index is -0.0814. The van der Waals surface area contributed by atoms with E-state index in [9.17, 15) is 0 Å². The molecule has 0 radical (unpaired) electrons. The van der Waals surface area contributed by atoms with Gasteiger partial charge in [-0.3, -0.25) is 0 Å². The standard InChI is InChI=1S/C55H47N/c1-54(2)48-18-8-7-17-46(48)53-51(54)20-11-21-52(53)56(43-25-22-38(23-26-43)37-12-4-3-5-13-37)44-15-10-14-39(33-44)40-24-27-50-47(34-40)45-16-6-9-19-49(45)55(50)41-29-35-28-36(31-41)32-42(55)30-35/h3-27,33-36,41-42H,28-32H2,1-2H3. The summed E-state index contributed by atoms with van der Waals surface area (Å²) in [6.07, 6.45) is 7.14. The molecule has 1 nitrogen and oxygen atoms in total. The van der Waals surface area contributed by atoms with Crippen LogP contribution in [0.1, 0.15) is 68.2 Å². The van der Waals surface area contributed by atoms with E-state index in [0.717, 1.165) is 29.4 Å². The number of benzene rings is 7. The highest BCUT2D eigenvalue weighted by molar-refractivity contribution is 5.96. The van der Waals surface area contributed by atoms with E-state index in [1.165, 1.54) is 99.1 Å². The monoisotopic (exact) mass is 721 g/mol. The summed E-state index contributed by atoms with van der Waals surface area (Å²) in [4.78, 5) is 2.50. The van der Waals surface area contributed by atoms with Crippen molar-refractivity contribution in [2.24, 2.45) is 23.7 Å². The van der Waals surface area contributed by atoms with Crippen LogP contribution in [0.3, 0.4) is 0 Å². The summed E-state index contributed by atoms with van der Waals surface area (Å²) in [5.74, 6) is 3.45. The second kappa shape index (κ2) is 11.9. The molecule has 1 heteroatoms. The van der Waals surface area contributed by atoms with E-state index in [1.54, 1.807) is 11.1 Å². The molecule has 0 atom stereocenters. The zero-order valence-corrected chi connectivity index (χ0v) is 32.4. The van der Waals surface area contributed by atoms with Crippen molar-refractivity contribution >= 4 is 17.1 Å².